The Morgan fingerprint density at radius 2 is 2.24 bits per heavy atom. The molecule has 0 aromatic heterocycles. The van der Waals surface area contributed by atoms with Crippen molar-refractivity contribution in [1.82, 2.24) is 10.6 Å². The maximum absolute atomic E-state index is 11.9. The molecule has 5 heteroatoms. The van der Waals surface area contributed by atoms with Gasteiger partial charge in [-0.15, -0.1) is 12.4 Å². The molecule has 0 bridgehead atoms. The van der Waals surface area contributed by atoms with Crippen molar-refractivity contribution >= 4 is 18.3 Å². The molecule has 2 fully saturated rings. The number of nitrogens with one attached hydrogen (secondary N) is 2. The quantitative estimate of drug-likeness (QED) is 0.783. The third-order valence-electron chi connectivity index (χ3n) is 3.52. The topological polar surface area (TPSA) is 50.4 Å². The standard InChI is InChI=1S/C12H22N2O2.ClH/c1-9-3-2-4-10(7-9)14-12(15)11-8-16-6-5-13-11;/h9-11,13H,2-8H2,1H3,(H,14,15);1H. The Morgan fingerprint density at radius 1 is 1.41 bits per heavy atom. The van der Waals surface area contributed by atoms with Crippen LogP contribution in [0.2, 0.25) is 0 Å². The number of rotatable bonds is 2. The van der Waals surface area contributed by atoms with Crippen molar-refractivity contribution in [2.45, 2.75) is 44.7 Å². The fraction of sp³-hybridized carbons (Fsp3) is 0.917. The summed E-state index contributed by atoms with van der Waals surface area (Å²) in [5.41, 5.74) is 0. The molecule has 3 atom stereocenters. The van der Waals surface area contributed by atoms with Crippen molar-refractivity contribution in [3.05, 3.63) is 0 Å². The summed E-state index contributed by atoms with van der Waals surface area (Å²) in [5, 5.41) is 6.32. The van der Waals surface area contributed by atoms with Crippen molar-refractivity contribution in [2.24, 2.45) is 5.92 Å². The van der Waals surface area contributed by atoms with Crippen molar-refractivity contribution in [2.75, 3.05) is 19.8 Å². The second kappa shape index (κ2) is 7.19. The third kappa shape index (κ3) is 4.45. The van der Waals surface area contributed by atoms with Gasteiger partial charge in [0.1, 0.15) is 6.04 Å². The summed E-state index contributed by atoms with van der Waals surface area (Å²) < 4.78 is 5.29. The summed E-state index contributed by atoms with van der Waals surface area (Å²) in [5.74, 6) is 0.855. The van der Waals surface area contributed by atoms with Crippen LogP contribution in [0.5, 0.6) is 0 Å². The predicted molar refractivity (Wildman–Crippen MR) is 69.4 cm³/mol. The molecule has 17 heavy (non-hydrogen) atoms. The number of ether oxygens (including phenoxy) is 1. The number of carbonyl (C=O) groups excluding carboxylic acids is 1. The fourth-order valence-electron chi connectivity index (χ4n) is 2.60. The van der Waals surface area contributed by atoms with Gasteiger partial charge in [-0.25, -0.2) is 0 Å². The summed E-state index contributed by atoms with van der Waals surface area (Å²) in [6.45, 7) is 4.26. The molecule has 4 nitrogen and oxygen atoms in total. The van der Waals surface area contributed by atoms with Crippen LogP contribution >= 0.6 is 12.4 Å². The first-order valence-corrected chi connectivity index (χ1v) is 6.37. The Kier molecular flexibility index (Phi) is 6.23. The SMILES string of the molecule is CC1CCCC(NC(=O)C2COCCN2)C1.Cl. The lowest BCUT2D eigenvalue weighted by atomic mass is 9.87. The van der Waals surface area contributed by atoms with E-state index >= 15 is 0 Å². The normalized spacial score (nSPS) is 33.6. The first kappa shape index (κ1) is 14.7. The molecule has 1 saturated carbocycles. The second-order valence-corrected chi connectivity index (χ2v) is 5.06. The van der Waals surface area contributed by atoms with E-state index in [9.17, 15) is 4.79 Å². The van der Waals surface area contributed by atoms with E-state index in [-0.39, 0.29) is 24.4 Å². The Bertz CT molecular complexity index is 245. The minimum absolute atomic E-state index is 0. The van der Waals surface area contributed by atoms with Gasteiger partial charge in [-0.1, -0.05) is 19.8 Å². The molecule has 1 saturated heterocycles. The van der Waals surface area contributed by atoms with Crippen LogP contribution in [-0.2, 0) is 9.53 Å². The number of carbonyl (C=O) groups is 1. The number of amides is 1. The Hall–Kier alpha value is -0.320. The summed E-state index contributed by atoms with van der Waals surface area (Å²) in [7, 11) is 0. The summed E-state index contributed by atoms with van der Waals surface area (Å²) >= 11 is 0. The zero-order chi connectivity index (χ0) is 11.4. The summed E-state index contributed by atoms with van der Waals surface area (Å²) in [6, 6.07) is 0.228. The lowest BCUT2D eigenvalue weighted by Gasteiger charge is -2.30. The van der Waals surface area contributed by atoms with Gasteiger partial charge in [0.15, 0.2) is 0 Å². The number of hydrogen-bond donors (Lipinski definition) is 2. The Balaban J connectivity index is 0.00000144. The molecule has 3 unspecified atom stereocenters. The average Bonchev–Trinajstić information content (AvgIpc) is 2.30. The Morgan fingerprint density at radius 3 is 2.88 bits per heavy atom. The maximum Gasteiger partial charge on any atom is 0.239 e. The van der Waals surface area contributed by atoms with E-state index in [1.807, 2.05) is 0 Å². The molecule has 0 spiro atoms. The van der Waals surface area contributed by atoms with Gasteiger partial charge in [-0.2, -0.15) is 0 Å². The molecule has 2 aliphatic rings. The van der Waals surface area contributed by atoms with Gasteiger partial charge in [0.2, 0.25) is 5.91 Å². The summed E-state index contributed by atoms with van der Waals surface area (Å²) in [4.78, 5) is 11.9. The van der Waals surface area contributed by atoms with Crippen LogP contribution in [0.3, 0.4) is 0 Å². The third-order valence-corrected chi connectivity index (χ3v) is 3.52. The highest BCUT2D eigenvalue weighted by Crippen LogP contribution is 2.23. The van der Waals surface area contributed by atoms with Crippen molar-refractivity contribution in [3.63, 3.8) is 0 Å². The van der Waals surface area contributed by atoms with E-state index in [2.05, 4.69) is 17.6 Å². The number of morpholine rings is 1. The molecule has 2 rings (SSSR count). The fourth-order valence-corrected chi connectivity index (χ4v) is 2.60. The van der Waals surface area contributed by atoms with E-state index < -0.39 is 0 Å². The second-order valence-electron chi connectivity index (χ2n) is 5.06. The molecule has 0 aromatic carbocycles. The average molecular weight is 263 g/mol. The van der Waals surface area contributed by atoms with Gasteiger partial charge in [-0.05, 0) is 18.8 Å². The molecular weight excluding hydrogens is 240 g/mol. The number of halogens is 1. The molecule has 0 radical (unpaired) electrons. The zero-order valence-corrected chi connectivity index (χ0v) is 11.2. The van der Waals surface area contributed by atoms with E-state index in [0.717, 1.165) is 25.3 Å². The van der Waals surface area contributed by atoms with Gasteiger partial charge in [0, 0.05) is 12.6 Å². The highest BCUT2D eigenvalue weighted by molar-refractivity contribution is 5.85. The van der Waals surface area contributed by atoms with Gasteiger partial charge in [-0.3, -0.25) is 4.79 Å². The van der Waals surface area contributed by atoms with E-state index in [0.29, 0.717) is 19.3 Å². The zero-order valence-electron chi connectivity index (χ0n) is 10.4. The van der Waals surface area contributed by atoms with Gasteiger partial charge in [0.25, 0.3) is 0 Å². The highest BCUT2D eigenvalue weighted by atomic mass is 35.5. The van der Waals surface area contributed by atoms with E-state index in [1.165, 1.54) is 12.8 Å². The number of hydrogen-bond acceptors (Lipinski definition) is 3. The molecule has 0 aromatic rings. The first-order chi connectivity index (χ1) is 7.75. The molecule has 1 heterocycles. The van der Waals surface area contributed by atoms with Crippen LogP contribution < -0.4 is 10.6 Å². The summed E-state index contributed by atoms with van der Waals surface area (Å²) in [6.07, 6.45) is 4.79. The smallest absolute Gasteiger partial charge is 0.239 e. The van der Waals surface area contributed by atoms with Crippen LogP contribution in [0, 0.1) is 5.92 Å². The molecule has 2 N–H and O–H groups in total. The maximum atomic E-state index is 11.9. The van der Waals surface area contributed by atoms with Gasteiger partial charge >= 0.3 is 0 Å². The molecule has 1 amide bonds. The lowest BCUT2D eigenvalue weighted by Crippen LogP contribution is -2.53. The van der Waals surface area contributed by atoms with Gasteiger partial charge < -0.3 is 15.4 Å². The van der Waals surface area contributed by atoms with Crippen molar-refractivity contribution in [1.29, 1.82) is 0 Å². The van der Waals surface area contributed by atoms with Gasteiger partial charge in [0.05, 0.1) is 13.2 Å². The van der Waals surface area contributed by atoms with Crippen LogP contribution in [0.1, 0.15) is 32.6 Å². The van der Waals surface area contributed by atoms with E-state index in [1.54, 1.807) is 0 Å². The van der Waals surface area contributed by atoms with E-state index in [4.69, 9.17) is 4.74 Å². The van der Waals surface area contributed by atoms with Crippen LogP contribution in [0.25, 0.3) is 0 Å². The van der Waals surface area contributed by atoms with Crippen molar-refractivity contribution < 1.29 is 9.53 Å². The minimum atomic E-state index is -0.147. The molecule has 1 aliphatic heterocycles. The van der Waals surface area contributed by atoms with Crippen LogP contribution in [-0.4, -0.2) is 37.7 Å². The monoisotopic (exact) mass is 262 g/mol. The molecule has 100 valence electrons. The first-order valence-electron chi connectivity index (χ1n) is 6.37. The molecular formula is C12H23ClN2O2. The molecule has 1 aliphatic carbocycles. The van der Waals surface area contributed by atoms with Crippen molar-refractivity contribution in [3.8, 4) is 0 Å². The minimum Gasteiger partial charge on any atom is -0.378 e. The lowest BCUT2D eigenvalue weighted by molar-refractivity contribution is -0.126. The van der Waals surface area contributed by atoms with Crippen LogP contribution in [0.4, 0.5) is 0 Å². The Labute approximate surface area is 109 Å². The largest absolute Gasteiger partial charge is 0.378 e. The predicted octanol–water partition coefficient (Wildman–Crippen LogP) is 1.09. The van der Waals surface area contributed by atoms with Crippen LogP contribution in [0.15, 0.2) is 0 Å². The highest BCUT2D eigenvalue weighted by Gasteiger charge is 2.25.